The van der Waals surface area contributed by atoms with Crippen LogP contribution in [0.3, 0.4) is 0 Å². The molecule has 3 aromatic carbocycles. The van der Waals surface area contributed by atoms with Gasteiger partial charge < -0.3 is 10.1 Å². The highest BCUT2D eigenvalue weighted by atomic mass is 32.2. The molecule has 6 nitrogen and oxygen atoms in total. The van der Waals surface area contributed by atoms with Gasteiger partial charge in [-0.2, -0.15) is 8.78 Å². The van der Waals surface area contributed by atoms with Gasteiger partial charge in [0.05, 0.1) is 4.90 Å². The van der Waals surface area contributed by atoms with Crippen molar-refractivity contribution < 1.29 is 35.5 Å². The molecule has 0 aliphatic heterocycles. The minimum atomic E-state index is -4.17. The fourth-order valence-corrected chi connectivity index (χ4v) is 3.54. The van der Waals surface area contributed by atoms with Crippen molar-refractivity contribution in [2.75, 3.05) is 10.0 Å². The minimum Gasteiger partial charge on any atom is -0.435 e. The highest BCUT2D eigenvalue weighted by Gasteiger charge is 2.17. The Morgan fingerprint density at radius 1 is 0.839 bits per heavy atom. The van der Waals surface area contributed by atoms with Crippen LogP contribution in [0.25, 0.3) is 0 Å². The number of amides is 1. The number of nitrogens with one attached hydrogen (secondary N) is 2. The summed E-state index contributed by atoms with van der Waals surface area (Å²) in [7, 11) is -4.17. The van der Waals surface area contributed by atoms with Gasteiger partial charge in [-0.25, -0.2) is 17.2 Å². The maximum Gasteiger partial charge on any atom is 0.387 e. The lowest BCUT2D eigenvalue weighted by Gasteiger charge is -2.10. The molecule has 0 heterocycles. The molecule has 3 aromatic rings. The molecule has 0 spiro atoms. The Balaban J connectivity index is 1.66. The largest absolute Gasteiger partial charge is 0.435 e. The number of sulfonamides is 1. The zero-order valence-electron chi connectivity index (χ0n) is 15.5. The van der Waals surface area contributed by atoms with Crippen molar-refractivity contribution >= 4 is 27.3 Å². The van der Waals surface area contributed by atoms with E-state index in [2.05, 4.69) is 14.8 Å². The van der Waals surface area contributed by atoms with Crippen LogP contribution < -0.4 is 14.8 Å². The molecule has 0 fully saturated rings. The van der Waals surface area contributed by atoms with Crippen molar-refractivity contribution in [1.82, 2.24) is 0 Å². The molecule has 0 saturated carbocycles. The van der Waals surface area contributed by atoms with Gasteiger partial charge in [-0.05, 0) is 66.7 Å². The van der Waals surface area contributed by atoms with Gasteiger partial charge >= 0.3 is 6.61 Å². The van der Waals surface area contributed by atoms with Crippen molar-refractivity contribution in [2.24, 2.45) is 0 Å². The monoisotopic (exact) mass is 454 g/mol. The third-order valence-electron chi connectivity index (χ3n) is 3.94. The second-order valence-electron chi connectivity index (χ2n) is 6.12. The fraction of sp³-hybridized carbons (Fsp3) is 0.0500. The lowest BCUT2D eigenvalue weighted by molar-refractivity contribution is -0.0498. The average molecular weight is 454 g/mol. The van der Waals surface area contributed by atoms with Gasteiger partial charge in [0.25, 0.3) is 15.9 Å². The topological polar surface area (TPSA) is 84.5 Å². The smallest absolute Gasteiger partial charge is 0.387 e. The average Bonchev–Trinajstić information content (AvgIpc) is 2.71. The van der Waals surface area contributed by atoms with Crippen molar-refractivity contribution in [3.05, 3.63) is 83.9 Å². The number of carbonyl (C=O) groups is 1. The van der Waals surface area contributed by atoms with E-state index in [1.807, 2.05) is 0 Å². The Labute approximate surface area is 174 Å². The SMILES string of the molecule is O=C(Nc1ccc(OC(F)F)cc1)c1ccc(NS(=O)(=O)c2ccc(F)c(F)c2)cc1. The molecule has 3 rings (SSSR count). The summed E-state index contributed by atoms with van der Waals surface area (Å²) in [6.45, 7) is -2.96. The first-order valence-electron chi connectivity index (χ1n) is 8.58. The van der Waals surface area contributed by atoms with Gasteiger partial charge in [0.1, 0.15) is 5.75 Å². The first kappa shape index (κ1) is 22.1. The maximum atomic E-state index is 13.3. The van der Waals surface area contributed by atoms with Crippen molar-refractivity contribution in [3.63, 3.8) is 0 Å². The van der Waals surface area contributed by atoms with Crippen LogP contribution in [0.4, 0.5) is 28.9 Å². The first-order chi connectivity index (χ1) is 14.6. The van der Waals surface area contributed by atoms with Crippen LogP contribution in [0, 0.1) is 11.6 Å². The van der Waals surface area contributed by atoms with E-state index in [-0.39, 0.29) is 17.0 Å². The summed E-state index contributed by atoms with van der Waals surface area (Å²) in [6, 6.07) is 12.7. The van der Waals surface area contributed by atoms with Crippen molar-refractivity contribution in [3.8, 4) is 5.75 Å². The number of carbonyl (C=O) groups excluding carboxylic acids is 1. The Morgan fingerprint density at radius 3 is 2.03 bits per heavy atom. The normalized spacial score (nSPS) is 11.3. The Kier molecular flexibility index (Phi) is 6.44. The number of anilines is 2. The summed E-state index contributed by atoms with van der Waals surface area (Å²) in [5.41, 5.74) is 0.605. The van der Waals surface area contributed by atoms with E-state index < -0.39 is 39.1 Å². The summed E-state index contributed by atoms with van der Waals surface area (Å²) < 4.78 is 81.6. The van der Waals surface area contributed by atoms with Crippen LogP contribution in [0.15, 0.2) is 71.6 Å². The molecule has 0 aliphatic rings. The molecule has 0 bridgehead atoms. The Morgan fingerprint density at radius 2 is 1.45 bits per heavy atom. The molecule has 162 valence electrons. The summed E-state index contributed by atoms with van der Waals surface area (Å²) in [6.07, 6.45) is 0. The van der Waals surface area contributed by atoms with Crippen molar-refractivity contribution in [2.45, 2.75) is 11.5 Å². The van der Waals surface area contributed by atoms with Crippen LogP contribution in [0.1, 0.15) is 10.4 Å². The molecule has 1 amide bonds. The van der Waals surface area contributed by atoms with Gasteiger partial charge in [0, 0.05) is 16.9 Å². The van der Waals surface area contributed by atoms with Gasteiger partial charge in [-0.3, -0.25) is 9.52 Å². The molecular formula is C20H14F4N2O4S. The molecule has 0 unspecified atom stereocenters. The van der Waals surface area contributed by atoms with E-state index in [9.17, 15) is 30.8 Å². The number of ether oxygens (including phenoxy) is 1. The highest BCUT2D eigenvalue weighted by molar-refractivity contribution is 7.92. The predicted molar refractivity (Wildman–Crippen MR) is 105 cm³/mol. The second kappa shape index (κ2) is 9.04. The number of rotatable bonds is 7. The Bertz CT molecular complexity index is 1180. The summed E-state index contributed by atoms with van der Waals surface area (Å²) in [5, 5.41) is 2.55. The quantitative estimate of drug-likeness (QED) is 0.511. The van der Waals surface area contributed by atoms with E-state index in [1.54, 1.807) is 0 Å². The zero-order valence-corrected chi connectivity index (χ0v) is 16.3. The molecule has 0 saturated heterocycles. The van der Waals surface area contributed by atoms with Gasteiger partial charge in [-0.1, -0.05) is 0 Å². The van der Waals surface area contributed by atoms with E-state index in [4.69, 9.17) is 0 Å². The first-order valence-corrected chi connectivity index (χ1v) is 10.1. The highest BCUT2D eigenvalue weighted by Crippen LogP contribution is 2.21. The van der Waals surface area contributed by atoms with Crippen LogP contribution in [0.2, 0.25) is 0 Å². The van der Waals surface area contributed by atoms with Gasteiger partial charge in [-0.15, -0.1) is 0 Å². The molecule has 2 N–H and O–H groups in total. The van der Waals surface area contributed by atoms with Crippen LogP contribution in [0.5, 0.6) is 5.75 Å². The van der Waals surface area contributed by atoms with Crippen LogP contribution >= 0.6 is 0 Å². The van der Waals surface area contributed by atoms with Crippen molar-refractivity contribution in [1.29, 1.82) is 0 Å². The number of hydrogen-bond acceptors (Lipinski definition) is 4. The number of benzene rings is 3. The standard InChI is InChI=1S/C20H14F4N2O4S/c21-17-10-9-16(11-18(17)22)31(28,29)26-14-3-1-12(2-4-14)19(27)25-13-5-7-15(8-6-13)30-20(23)24/h1-11,20,26H,(H,25,27). The molecular weight excluding hydrogens is 440 g/mol. The third kappa shape index (κ3) is 5.72. The second-order valence-corrected chi connectivity index (χ2v) is 7.80. The van der Waals surface area contributed by atoms with E-state index in [0.29, 0.717) is 17.8 Å². The number of halogens is 4. The number of alkyl halides is 2. The van der Waals surface area contributed by atoms with E-state index >= 15 is 0 Å². The van der Waals surface area contributed by atoms with Crippen LogP contribution in [-0.2, 0) is 10.0 Å². The van der Waals surface area contributed by atoms with Gasteiger partial charge in [0.15, 0.2) is 11.6 Å². The number of hydrogen-bond donors (Lipinski definition) is 2. The van der Waals surface area contributed by atoms with E-state index in [0.717, 1.165) is 6.07 Å². The molecule has 0 aliphatic carbocycles. The molecule has 0 radical (unpaired) electrons. The zero-order chi connectivity index (χ0) is 22.6. The predicted octanol–water partition coefficient (Wildman–Crippen LogP) is 4.62. The van der Waals surface area contributed by atoms with Gasteiger partial charge in [0.2, 0.25) is 0 Å². The Hall–Kier alpha value is -3.60. The molecule has 0 aromatic heterocycles. The summed E-state index contributed by atoms with van der Waals surface area (Å²) >= 11 is 0. The van der Waals surface area contributed by atoms with E-state index in [1.165, 1.54) is 48.5 Å². The lowest BCUT2D eigenvalue weighted by Crippen LogP contribution is -2.14. The molecule has 0 atom stereocenters. The summed E-state index contributed by atoms with van der Waals surface area (Å²) in [4.78, 5) is 11.8. The maximum absolute atomic E-state index is 13.3. The summed E-state index contributed by atoms with van der Waals surface area (Å²) in [5.74, 6) is -3.07. The lowest BCUT2D eigenvalue weighted by atomic mass is 10.2. The minimum absolute atomic E-state index is 0.0642. The van der Waals surface area contributed by atoms with Crippen LogP contribution in [-0.4, -0.2) is 20.9 Å². The third-order valence-corrected chi connectivity index (χ3v) is 5.32. The molecule has 31 heavy (non-hydrogen) atoms. The fourth-order valence-electron chi connectivity index (χ4n) is 2.47. The molecule has 11 heteroatoms.